The lowest BCUT2D eigenvalue weighted by Crippen LogP contribution is -2.42. The largest absolute Gasteiger partial charge is 0.494 e. The molecule has 0 spiro atoms. The molecule has 1 aliphatic rings. The fourth-order valence-corrected chi connectivity index (χ4v) is 3.57. The Morgan fingerprint density at radius 3 is 2.87 bits per heavy atom. The van der Waals surface area contributed by atoms with Gasteiger partial charge in [-0.25, -0.2) is 0 Å². The van der Waals surface area contributed by atoms with Crippen LogP contribution in [-0.2, 0) is 6.54 Å². The molecule has 0 heterocycles. The highest BCUT2D eigenvalue weighted by molar-refractivity contribution is 14.0. The maximum Gasteiger partial charge on any atom is 0.191 e. The molecule has 1 saturated carbocycles. The van der Waals surface area contributed by atoms with Crippen LogP contribution in [0.15, 0.2) is 29.3 Å². The molecule has 2 N–H and O–H groups in total. The van der Waals surface area contributed by atoms with Gasteiger partial charge < -0.3 is 15.4 Å². The molecule has 6 heteroatoms. The Morgan fingerprint density at radius 2 is 2.22 bits per heavy atom. The van der Waals surface area contributed by atoms with Gasteiger partial charge in [0.25, 0.3) is 0 Å². The van der Waals surface area contributed by atoms with Crippen molar-refractivity contribution in [1.29, 1.82) is 0 Å². The fraction of sp³-hybridized carbons (Fsp3) is 0.588. The highest BCUT2D eigenvalue weighted by atomic mass is 127. The van der Waals surface area contributed by atoms with E-state index < -0.39 is 0 Å². The van der Waals surface area contributed by atoms with Gasteiger partial charge in [0.2, 0.25) is 0 Å². The molecule has 0 aromatic heterocycles. The first-order valence-corrected chi connectivity index (χ1v) is 9.25. The normalized spacial score (nSPS) is 20.7. The Morgan fingerprint density at radius 1 is 1.39 bits per heavy atom. The van der Waals surface area contributed by atoms with Crippen LogP contribution in [-0.4, -0.2) is 37.2 Å². The number of guanidine groups is 1. The number of rotatable bonds is 6. The van der Waals surface area contributed by atoms with E-state index in [1.165, 1.54) is 24.8 Å². The molecule has 2 unspecified atom stereocenters. The molecular weight excluding hydrogens is 421 g/mol. The molecule has 0 saturated heterocycles. The van der Waals surface area contributed by atoms with Gasteiger partial charge >= 0.3 is 0 Å². The monoisotopic (exact) mass is 449 g/mol. The van der Waals surface area contributed by atoms with Gasteiger partial charge in [-0.2, -0.15) is 11.8 Å². The summed E-state index contributed by atoms with van der Waals surface area (Å²) in [7, 11) is 1.83. The van der Waals surface area contributed by atoms with Gasteiger partial charge in [-0.05, 0) is 50.1 Å². The third-order valence-corrected chi connectivity index (χ3v) is 5.05. The first-order valence-electron chi connectivity index (χ1n) is 7.96. The van der Waals surface area contributed by atoms with E-state index in [1.807, 2.05) is 37.9 Å². The molecular formula is C17H28IN3OS. The minimum Gasteiger partial charge on any atom is -0.494 e. The van der Waals surface area contributed by atoms with Crippen molar-refractivity contribution in [3.8, 4) is 5.75 Å². The molecule has 1 aromatic rings. The topological polar surface area (TPSA) is 45.6 Å². The summed E-state index contributed by atoms with van der Waals surface area (Å²) in [6.45, 7) is 3.44. The molecule has 130 valence electrons. The maximum absolute atomic E-state index is 5.54. The standard InChI is InChI=1S/C17H27N3OS.HI/c1-4-21-15-7-5-6-13(10-15)12-19-17(18-2)20-14-8-9-16(11-14)22-3;/h5-7,10,14,16H,4,8-9,11-12H2,1-3H3,(H2,18,19,20);1H. The Labute approximate surface area is 161 Å². The van der Waals surface area contributed by atoms with Crippen molar-refractivity contribution in [1.82, 2.24) is 10.6 Å². The summed E-state index contributed by atoms with van der Waals surface area (Å²) in [5.74, 6) is 1.80. The number of nitrogens with zero attached hydrogens (tertiary/aromatic N) is 1. The van der Waals surface area contributed by atoms with Crippen LogP contribution in [0.1, 0.15) is 31.7 Å². The molecule has 4 nitrogen and oxygen atoms in total. The second-order valence-corrected chi connectivity index (χ2v) is 6.66. The summed E-state index contributed by atoms with van der Waals surface area (Å²) in [4.78, 5) is 4.33. The average molecular weight is 449 g/mol. The van der Waals surface area contributed by atoms with E-state index >= 15 is 0 Å². The minimum atomic E-state index is 0. The van der Waals surface area contributed by atoms with Crippen LogP contribution in [0.3, 0.4) is 0 Å². The molecule has 1 aliphatic carbocycles. The van der Waals surface area contributed by atoms with Crippen LogP contribution in [0.5, 0.6) is 5.75 Å². The number of nitrogens with one attached hydrogen (secondary N) is 2. The maximum atomic E-state index is 5.54. The number of hydrogen-bond acceptors (Lipinski definition) is 3. The van der Waals surface area contributed by atoms with Crippen LogP contribution in [0.2, 0.25) is 0 Å². The fourth-order valence-electron chi connectivity index (χ4n) is 2.77. The van der Waals surface area contributed by atoms with Crippen molar-refractivity contribution in [3.05, 3.63) is 29.8 Å². The first-order chi connectivity index (χ1) is 10.7. The predicted molar refractivity (Wildman–Crippen MR) is 111 cm³/mol. The van der Waals surface area contributed by atoms with E-state index in [0.717, 1.165) is 23.5 Å². The molecule has 0 amide bonds. The zero-order chi connectivity index (χ0) is 15.8. The lowest BCUT2D eigenvalue weighted by Gasteiger charge is -2.17. The van der Waals surface area contributed by atoms with Crippen molar-refractivity contribution in [2.45, 2.75) is 44.0 Å². The van der Waals surface area contributed by atoms with E-state index in [0.29, 0.717) is 12.6 Å². The van der Waals surface area contributed by atoms with E-state index in [9.17, 15) is 0 Å². The van der Waals surface area contributed by atoms with Gasteiger partial charge in [-0.15, -0.1) is 24.0 Å². The number of ether oxygens (including phenoxy) is 1. The Hall–Kier alpha value is -0.630. The van der Waals surface area contributed by atoms with Gasteiger partial charge in [0.1, 0.15) is 5.75 Å². The summed E-state index contributed by atoms with van der Waals surface area (Å²) in [5, 5.41) is 7.72. The number of benzene rings is 1. The first kappa shape index (κ1) is 20.4. The predicted octanol–water partition coefficient (Wildman–Crippen LogP) is 3.65. The SMILES string of the molecule is CCOc1cccc(CNC(=NC)NC2CCC(SC)C2)c1.I. The smallest absolute Gasteiger partial charge is 0.191 e. The van der Waals surface area contributed by atoms with Crippen LogP contribution in [0.25, 0.3) is 0 Å². The second-order valence-electron chi connectivity index (χ2n) is 5.52. The Balaban J connectivity index is 0.00000264. The van der Waals surface area contributed by atoms with Crippen molar-refractivity contribution in [2.24, 2.45) is 4.99 Å². The number of halogens is 1. The second kappa shape index (κ2) is 11.0. The number of hydrogen-bond donors (Lipinski definition) is 2. The molecule has 2 atom stereocenters. The van der Waals surface area contributed by atoms with E-state index in [-0.39, 0.29) is 24.0 Å². The quantitative estimate of drug-likeness (QED) is 0.396. The van der Waals surface area contributed by atoms with E-state index in [4.69, 9.17) is 4.74 Å². The zero-order valence-electron chi connectivity index (χ0n) is 14.2. The summed E-state index contributed by atoms with van der Waals surface area (Å²) in [6, 6.07) is 8.73. The molecule has 0 aliphatic heterocycles. The number of thioether (sulfide) groups is 1. The molecule has 1 fully saturated rings. The van der Waals surface area contributed by atoms with Crippen LogP contribution in [0.4, 0.5) is 0 Å². The summed E-state index contributed by atoms with van der Waals surface area (Å²) >= 11 is 1.97. The summed E-state index contributed by atoms with van der Waals surface area (Å²) < 4.78 is 5.54. The van der Waals surface area contributed by atoms with Gasteiger partial charge in [-0.3, -0.25) is 4.99 Å². The molecule has 23 heavy (non-hydrogen) atoms. The Kier molecular flexibility index (Phi) is 9.78. The van der Waals surface area contributed by atoms with E-state index in [2.05, 4.69) is 34.0 Å². The van der Waals surface area contributed by atoms with Crippen molar-refractivity contribution in [3.63, 3.8) is 0 Å². The third-order valence-electron chi connectivity index (χ3n) is 3.95. The summed E-state index contributed by atoms with van der Waals surface area (Å²) in [5.41, 5.74) is 1.20. The van der Waals surface area contributed by atoms with Gasteiger partial charge in [0.05, 0.1) is 6.61 Å². The van der Waals surface area contributed by atoms with Crippen molar-refractivity contribution >= 4 is 41.7 Å². The summed E-state index contributed by atoms with van der Waals surface area (Å²) in [6.07, 6.45) is 5.95. The van der Waals surface area contributed by atoms with Crippen molar-refractivity contribution < 1.29 is 4.74 Å². The van der Waals surface area contributed by atoms with E-state index in [1.54, 1.807) is 0 Å². The molecule has 0 bridgehead atoms. The van der Waals surface area contributed by atoms with Crippen molar-refractivity contribution in [2.75, 3.05) is 19.9 Å². The van der Waals surface area contributed by atoms with Gasteiger partial charge in [-0.1, -0.05) is 12.1 Å². The minimum absolute atomic E-state index is 0. The van der Waals surface area contributed by atoms with Crippen LogP contribution >= 0.6 is 35.7 Å². The van der Waals surface area contributed by atoms with Gasteiger partial charge in [0.15, 0.2) is 5.96 Å². The third kappa shape index (κ3) is 6.79. The average Bonchev–Trinajstić information content (AvgIpc) is 3.00. The Bertz CT molecular complexity index is 498. The zero-order valence-corrected chi connectivity index (χ0v) is 17.3. The lowest BCUT2D eigenvalue weighted by molar-refractivity contribution is 0.340. The molecule has 0 radical (unpaired) electrons. The van der Waals surface area contributed by atoms with Crippen LogP contribution < -0.4 is 15.4 Å². The highest BCUT2D eigenvalue weighted by Crippen LogP contribution is 2.28. The highest BCUT2D eigenvalue weighted by Gasteiger charge is 2.24. The number of aliphatic imine (C=N–C) groups is 1. The molecule has 1 aromatic carbocycles. The molecule has 2 rings (SSSR count). The van der Waals surface area contributed by atoms with Crippen LogP contribution in [0, 0.1) is 0 Å². The van der Waals surface area contributed by atoms with Gasteiger partial charge in [0, 0.05) is 24.9 Å². The lowest BCUT2D eigenvalue weighted by atomic mass is 10.2.